The van der Waals surface area contributed by atoms with Crippen LogP contribution in [0.25, 0.3) is 11.3 Å². The van der Waals surface area contributed by atoms with Gasteiger partial charge in [0.2, 0.25) is 11.1 Å². The van der Waals surface area contributed by atoms with Crippen molar-refractivity contribution in [3.8, 4) is 11.3 Å². The number of aromatic nitrogens is 2. The van der Waals surface area contributed by atoms with Gasteiger partial charge in [-0.15, -0.1) is 0 Å². The summed E-state index contributed by atoms with van der Waals surface area (Å²) in [5.41, 5.74) is 1.93. The van der Waals surface area contributed by atoms with Crippen LogP contribution in [0.5, 0.6) is 0 Å². The maximum atomic E-state index is 13.4. The van der Waals surface area contributed by atoms with Gasteiger partial charge in [0, 0.05) is 32.5 Å². The lowest BCUT2D eigenvalue weighted by molar-refractivity contribution is -0.122. The molecule has 1 aliphatic rings. The third kappa shape index (κ3) is 7.16. The first kappa shape index (κ1) is 29.9. The lowest BCUT2D eigenvalue weighted by Crippen LogP contribution is -2.46. The minimum Gasteiger partial charge on any atom is -0.441 e. The van der Waals surface area contributed by atoms with E-state index in [0.29, 0.717) is 39.3 Å². The Morgan fingerprint density at radius 2 is 1.95 bits per heavy atom. The SMILES string of the molecule is Cn1ncc(Cl)c1-c1cc(C(=O)C[C@@H]2CNC(CC(=O)NCC(O)CO)C[C@H]2c2ccc(Cl)c(Cl)c2)oc1Cl. The van der Waals surface area contributed by atoms with Gasteiger partial charge in [0.15, 0.2) is 11.5 Å². The molecule has 0 aliphatic carbocycles. The lowest BCUT2D eigenvalue weighted by Gasteiger charge is -2.37. The molecule has 13 heteroatoms. The van der Waals surface area contributed by atoms with Crippen molar-refractivity contribution in [3.63, 3.8) is 0 Å². The first-order chi connectivity index (χ1) is 18.6. The van der Waals surface area contributed by atoms with Gasteiger partial charge in [-0.1, -0.05) is 40.9 Å². The van der Waals surface area contributed by atoms with E-state index in [1.54, 1.807) is 29.9 Å². The van der Waals surface area contributed by atoms with E-state index < -0.39 is 12.7 Å². The van der Waals surface area contributed by atoms with E-state index in [2.05, 4.69) is 15.7 Å². The molecule has 1 saturated heterocycles. The average Bonchev–Trinajstić information content (AvgIpc) is 3.45. The molecule has 4 rings (SSSR count). The van der Waals surface area contributed by atoms with Crippen LogP contribution in [-0.4, -0.2) is 63.5 Å². The summed E-state index contributed by atoms with van der Waals surface area (Å²) in [6.45, 7) is -0.00952. The zero-order valence-electron chi connectivity index (χ0n) is 21.0. The van der Waals surface area contributed by atoms with Crippen molar-refractivity contribution in [3.05, 3.63) is 62.1 Å². The van der Waals surface area contributed by atoms with Gasteiger partial charge in [0.25, 0.3) is 0 Å². The van der Waals surface area contributed by atoms with Gasteiger partial charge in [-0.2, -0.15) is 5.10 Å². The van der Waals surface area contributed by atoms with Crippen LogP contribution >= 0.6 is 46.4 Å². The van der Waals surface area contributed by atoms with Gasteiger partial charge in [0.05, 0.1) is 45.2 Å². The van der Waals surface area contributed by atoms with Gasteiger partial charge in [-0.3, -0.25) is 14.3 Å². The molecule has 2 unspecified atom stereocenters. The quantitative estimate of drug-likeness (QED) is 0.247. The third-order valence-electron chi connectivity index (χ3n) is 6.88. The van der Waals surface area contributed by atoms with Crippen LogP contribution in [-0.2, 0) is 11.8 Å². The van der Waals surface area contributed by atoms with Crippen LogP contribution in [0.4, 0.5) is 0 Å². The van der Waals surface area contributed by atoms with Crippen molar-refractivity contribution in [1.82, 2.24) is 20.4 Å². The summed E-state index contributed by atoms with van der Waals surface area (Å²) in [5, 5.41) is 29.8. The summed E-state index contributed by atoms with van der Waals surface area (Å²) in [7, 11) is 1.72. The van der Waals surface area contributed by atoms with Crippen molar-refractivity contribution in [2.45, 2.75) is 37.3 Å². The predicted molar refractivity (Wildman–Crippen MR) is 150 cm³/mol. The number of piperidine rings is 1. The van der Waals surface area contributed by atoms with Gasteiger partial charge in [-0.05, 0) is 60.2 Å². The van der Waals surface area contributed by atoms with Crippen LogP contribution in [0.3, 0.4) is 0 Å². The minimum absolute atomic E-state index is 0.0346. The number of ketones is 1. The number of aliphatic hydroxyl groups excluding tert-OH is 2. The number of nitrogens with one attached hydrogen (secondary N) is 2. The second-order valence-corrected chi connectivity index (χ2v) is 11.2. The summed E-state index contributed by atoms with van der Waals surface area (Å²) >= 11 is 25.0. The highest BCUT2D eigenvalue weighted by Crippen LogP contribution is 2.40. The number of amides is 1. The summed E-state index contributed by atoms with van der Waals surface area (Å²) in [5.74, 6) is -0.620. The van der Waals surface area contributed by atoms with E-state index in [1.165, 1.54) is 6.20 Å². The molecule has 0 saturated carbocycles. The standard InChI is InChI=1S/C26H28Cl4N4O5/c1-34-25(21(29)11-33-34)18-8-23(39-26(18)30)22(37)5-14-9-31-15(7-24(38)32-10-16(36)12-35)6-17(14)13-2-3-19(27)20(28)4-13/h2-4,8,11,14-17,31,35-36H,5-7,9-10,12H2,1H3,(H,32,38)/t14-,15?,16?,17+/m1/s1. The van der Waals surface area contributed by atoms with Gasteiger partial charge >= 0.3 is 0 Å². The number of rotatable bonds is 10. The van der Waals surface area contributed by atoms with E-state index in [4.69, 9.17) is 55.9 Å². The van der Waals surface area contributed by atoms with E-state index in [-0.39, 0.29) is 59.9 Å². The van der Waals surface area contributed by atoms with Crippen LogP contribution in [0.1, 0.15) is 41.3 Å². The molecule has 2 aromatic heterocycles. The Hall–Kier alpha value is -2.11. The van der Waals surface area contributed by atoms with Crippen LogP contribution in [0, 0.1) is 5.92 Å². The Bertz CT molecular complexity index is 1320. The highest BCUT2D eigenvalue weighted by atomic mass is 35.5. The monoisotopic (exact) mass is 616 g/mol. The largest absolute Gasteiger partial charge is 0.441 e. The first-order valence-corrected chi connectivity index (χ1v) is 13.8. The Balaban J connectivity index is 1.51. The second-order valence-electron chi connectivity index (χ2n) is 9.62. The van der Waals surface area contributed by atoms with Crippen LogP contribution in [0.2, 0.25) is 20.3 Å². The van der Waals surface area contributed by atoms with E-state index in [1.807, 2.05) is 6.07 Å². The summed E-state index contributed by atoms with van der Waals surface area (Å²) in [4.78, 5) is 25.8. The number of carbonyl (C=O) groups is 2. The topological polar surface area (TPSA) is 130 Å². The summed E-state index contributed by atoms with van der Waals surface area (Å²) < 4.78 is 7.18. The maximum absolute atomic E-state index is 13.4. The number of aryl methyl sites for hydroxylation is 1. The average molecular weight is 618 g/mol. The first-order valence-electron chi connectivity index (χ1n) is 12.3. The highest BCUT2D eigenvalue weighted by Gasteiger charge is 2.35. The molecule has 4 atom stereocenters. The number of benzene rings is 1. The Morgan fingerprint density at radius 1 is 1.18 bits per heavy atom. The number of aliphatic hydroxyl groups is 2. The van der Waals surface area contributed by atoms with Crippen molar-refractivity contribution in [2.24, 2.45) is 13.0 Å². The molecule has 210 valence electrons. The zero-order valence-corrected chi connectivity index (χ0v) is 24.0. The van der Waals surface area contributed by atoms with Gasteiger partial charge < -0.3 is 25.3 Å². The molecule has 9 nitrogen and oxygen atoms in total. The Labute approximate surface area is 245 Å². The Morgan fingerprint density at radius 3 is 2.62 bits per heavy atom. The fourth-order valence-electron chi connectivity index (χ4n) is 4.88. The number of carbonyl (C=O) groups excluding carboxylic acids is 2. The molecule has 3 aromatic rings. The van der Waals surface area contributed by atoms with Gasteiger partial charge in [0.1, 0.15) is 0 Å². The zero-order chi connectivity index (χ0) is 28.3. The fourth-order valence-corrected chi connectivity index (χ4v) is 5.68. The second kappa shape index (κ2) is 13.0. The molecule has 1 aliphatic heterocycles. The summed E-state index contributed by atoms with van der Waals surface area (Å²) in [6, 6.07) is 6.78. The van der Waals surface area contributed by atoms with Crippen molar-refractivity contribution in [1.29, 1.82) is 0 Å². The number of hydrogen-bond acceptors (Lipinski definition) is 7. The van der Waals surface area contributed by atoms with Gasteiger partial charge in [-0.25, -0.2) is 0 Å². The van der Waals surface area contributed by atoms with Crippen LogP contribution in [0.15, 0.2) is 34.9 Å². The third-order valence-corrected chi connectivity index (χ3v) is 8.18. The van der Waals surface area contributed by atoms with Crippen molar-refractivity contribution < 1.29 is 24.2 Å². The van der Waals surface area contributed by atoms with Crippen molar-refractivity contribution >= 4 is 58.1 Å². The molecule has 0 bridgehead atoms. The molecule has 39 heavy (non-hydrogen) atoms. The number of hydrogen-bond donors (Lipinski definition) is 4. The maximum Gasteiger partial charge on any atom is 0.221 e. The van der Waals surface area contributed by atoms with E-state index in [0.717, 1.165) is 5.56 Å². The molecule has 1 fully saturated rings. The molecule has 0 radical (unpaired) electrons. The minimum atomic E-state index is -1.02. The van der Waals surface area contributed by atoms with E-state index >= 15 is 0 Å². The predicted octanol–water partition coefficient (Wildman–Crippen LogP) is 4.49. The highest BCUT2D eigenvalue weighted by molar-refractivity contribution is 6.42. The van der Waals surface area contributed by atoms with Crippen molar-refractivity contribution in [2.75, 3.05) is 19.7 Å². The molecular weight excluding hydrogens is 590 g/mol. The molecule has 4 N–H and O–H groups in total. The normalized spacial score (nSPS) is 20.1. The fraction of sp³-hybridized carbons (Fsp3) is 0.423. The smallest absolute Gasteiger partial charge is 0.221 e. The number of furan rings is 1. The molecule has 1 amide bonds. The van der Waals surface area contributed by atoms with E-state index in [9.17, 15) is 14.7 Å². The number of nitrogens with zero attached hydrogens (tertiary/aromatic N) is 2. The number of Topliss-reactive ketones (excluding diaryl/α,β-unsaturated/α-hetero) is 1. The van der Waals surface area contributed by atoms with Crippen LogP contribution < -0.4 is 10.6 Å². The molecule has 1 aromatic carbocycles. The lowest BCUT2D eigenvalue weighted by atomic mass is 9.75. The number of halogens is 4. The Kier molecular flexibility index (Phi) is 9.98. The molecule has 0 spiro atoms. The molecule has 3 heterocycles. The molecular formula is C26H28Cl4N4O5. The summed E-state index contributed by atoms with van der Waals surface area (Å²) in [6.07, 6.45) is 1.35.